The van der Waals surface area contributed by atoms with Crippen LogP contribution in [0.15, 0.2) is 39.5 Å². The Bertz CT molecular complexity index is 821. The normalized spacial score (nSPS) is 28.2. The van der Waals surface area contributed by atoms with Gasteiger partial charge in [-0.1, -0.05) is 6.42 Å². The third-order valence-corrected chi connectivity index (χ3v) is 5.67. The summed E-state index contributed by atoms with van der Waals surface area (Å²) in [5.41, 5.74) is 7.20. The van der Waals surface area contributed by atoms with Crippen molar-refractivity contribution < 1.29 is 9.21 Å². The Morgan fingerprint density at radius 1 is 1.12 bits per heavy atom. The number of hydrogen-bond donors (Lipinski definition) is 2. The van der Waals surface area contributed by atoms with Crippen LogP contribution in [0.2, 0.25) is 0 Å². The van der Waals surface area contributed by atoms with Crippen molar-refractivity contribution in [2.75, 3.05) is 5.32 Å². The zero-order chi connectivity index (χ0) is 16.7. The maximum absolute atomic E-state index is 12.7. The molecule has 1 aromatic carbocycles. The van der Waals surface area contributed by atoms with Crippen LogP contribution in [0.25, 0.3) is 11.0 Å². The summed E-state index contributed by atoms with van der Waals surface area (Å²) in [7, 11) is 0. The molecule has 6 heteroatoms. The lowest BCUT2D eigenvalue weighted by atomic mass is 9.65. The van der Waals surface area contributed by atoms with Gasteiger partial charge in [-0.2, -0.15) is 0 Å². The quantitative estimate of drug-likeness (QED) is 0.802. The number of carbonyl (C=O) groups is 1. The minimum atomic E-state index is -0.371. The van der Waals surface area contributed by atoms with Crippen molar-refractivity contribution in [3.63, 3.8) is 0 Å². The number of hydrogen-bond acceptors (Lipinski definition) is 4. The Hall–Kier alpha value is -1.85. The van der Waals surface area contributed by atoms with Crippen LogP contribution < -0.4 is 16.7 Å². The Balaban J connectivity index is 0.00000182. The lowest BCUT2D eigenvalue weighted by molar-refractivity contribution is -0.122. The fraction of sp³-hybridized carbons (Fsp3) is 0.474. The highest BCUT2D eigenvalue weighted by atomic mass is 35.5. The molecule has 2 fully saturated rings. The van der Waals surface area contributed by atoms with Crippen molar-refractivity contribution in [3.05, 3.63) is 40.8 Å². The molecule has 134 valence electrons. The van der Waals surface area contributed by atoms with Gasteiger partial charge in [0.1, 0.15) is 5.58 Å². The minimum absolute atomic E-state index is 0. The van der Waals surface area contributed by atoms with E-state index in [1.165, 1.54) is 12.5 Å². The average Bonchev–Trinajstić information content (AvgIpc) is 2.54. The van der Waals surface area contributed by atoms with Crippen LogP contribution in [0.5, 0.6) is 0 Å². The van der Waals surface area contributed by atoms with E-state index in [1.807, 2.05) is 6.07 Å². The average molecular weight is 363 g/mol. The summed E-state index contributed by atoms with van der Waals surface area (Å²) in [6.45, 7) is 0. The van der Waals surface area contributed by atoms with Crippen LogP contribution in [0.4, 0.5) is 5.69 Å². The molecule has 1 heterocycles. The summed E-state index contributed by atoms with van der Waals surface area (Å²) < 4.78 is 5.12. The molecular formula is C19H23ClN2O3. The van der Waals surface area contributed by atoms with Crippen molar-refractivity contribution >= 4 is 35.0 Å². The minimum Gasteiger partial charge on any atom is -0.423 e. The van der Waals surface area contributed by atoms with Gasteiger partial charge in [-0.25, -0.2) is 4.79 Å². The van der Waals surface area contributed by atoms with Crippen LogP contribution in [-0.2, 0) is 4.79 Å². The van der Waals surface area contributed by atoms with Gasteiger partial charge in [0.25, 0.3) is 0 Å². The first kappa shape index (κ1) is 18.0. The van der Waals surface area contributed by atoms with Crippen molar-refractivity contribution in [2.45, 2.75) is 38.1 Å². The maximum Gasteiger partial charge on any atom is 0.336 e. The largest absolute Gasteiger partial charge is 0.423 e. The summed E-state index contributed by atoms with van der Waals surface area (Å²) in [6, 6.07) is 8.70. The van der Waals surface area contributed by atoms with Gasteiger partial charge < -0.3 is 15.5 Å². The van der Waals surface area contributed by atoms with Crippen molar-refractivity contribution in [2.24, 2.45) is 23.5 Å². The molecule has 5 nitrogen and oxygen atoms in total. The Labute approximate surface area is 152 Å². The zero-order valence-electron chi connectivity index (χ0n) is 13.9. The molecule has 2 bridgehead atoms. The van der Waals surface area contributed by atoms with Gasteiger partial charge in [0.05, 0.1) is 0 Å². The van der Waals surface area contributed by atoms with Crippen molar-refractivity contribution in [1.82, 2.24) is 0 Å². The monoisotopic (exact) mass is 362 g/mol. The van der Waals surface area contributed by atoms with E-state index in [9.17, 15) is 9.59 Å². The number of nitrogens with two attached hydrogens (primary N) is 1. The first-order valence-corrected chi connectivity index (χ1v) is 8.70. The van der Waals surface area contributed by atoms with Gasteiger partial charge in [0, 0.05) is 29.1 Å². The molecule has 2 aliphatic carbocycles. The van der Waals surface area contributed by atoms with Crippen LogP contribution in [-0.4, -0.2) is 11.9 Å². The second-order valence-corrected chi connectivity index (χ2v) is 7.19. The molecule has 4 rings (SSSR count). The van der Waals surface area contributed by atoms with E-state index < -0.39 is 0 Å². The number of benzene rings is 1. The summed E-state index contributed by atoms with van der Waals surface area (Å²) in [5, 5.41) is 3.82. The SMILES string of the molecule is Cl.NC1C2CCCC1CC(C(=O)Nc1ccc3oc(=O)ccc3c1)C2. The van der Waals surface area contributed by atoms with Crippen LogP contribution in [0.1, 0.15) is 32.1 Å². The number of fused-ring (bicyclic) bond motifs is 3. The molecule has 0 aliphatic heterocycles. The van der Waals surface area contributed by atoms with Gasteiger partial charge in [-0.3, -0.25) is 4.79 Å². The predicted molar refractivity (Wildman–Crippen MR) is 99.9 cm³/mol. The van der Waals surface area contributed by atoms with E-state index >= 15 is 0 Å². The standard InChI is InChI=1S/C19H22N2O3.ClH/c20-18-12-2-1-3-13(18)9-14(8-12)19(23)21-15-5-6-16-11(10-15)4-7-17(22)24-16;/h4-7,10,12-14,18H,1-3,8-9,20H2,(H,21,23);1H. The van der Waals surface area contributed by atoms with Crippen LogP contribution >= 0.6 is 12.4 Å². The van der Waals surface area contributed by atoms with Gasteiger partial charge in [0.2, 0.25) is 5.91 Å². The Morgan fingerprint density at radius 3 is 2.56 bits per heavy atom. The van der Waals surface area contributed by atoms with Crippen LogP contribution in [0.3, 0.4) is 0 Å². The molecular weight excluding hydrogens is 340 g/mol. The number of amides is 1. The molecule has 2 saturated carbocycles. The fourth-order valence-electron chi connectivity index (χ4n) is 4.40. The lowest BCUT2D eigenvalue weighted by Gasteiger charge is -2.43. The first-order valence-electron chi connectivity index (χ1n) is 8.70. The van der Waals surface area contributed by atoms with Gasteiger partial charge >= 0.3 is 5.63 Å². The van der Waals surface area contributed by atoms with E-state index in [1.54, 1.807) is 18.2 Å². The molecule has 0 spiro atoms. The summed E-state index contributed by atoms with van der Waals surface area (Å²) in [4.78, 5) is 23.9. The van der Waals surface area contributed by atoms with E-state index in [2.05, 4.69) is 5.32 Å². The molecule has 2 atom stereocenters. The lowest BCUT2D eigenvalue weighted by Crippen LogP contribution is -2.48. The third-order valence-electron chi connectivity index (χ3n) is 5.67. The fourth-order valence-corrected chi connectivity index (χ4v) is 4.40. The summed E-state index contributed by atoms with van der Waals surface area (Å²) in [5.74, 6) is 1.10. The Morgan fingerprint density at radius 2 is 1.84 bits per heavy atom. The molecule has 1 aromatic heterocycles. The van der Waals surface area contributed by atoms with Crippen molar-refractivity contribution in [1.29, 1.82) is 0 Å². The smallest absolute Gasteiger partial charge is 0.336 e. The molecule has 25 heavy (non-hydrogen) atoms. The topological polar surface area (TPSA) is 85.3 Å². The van der Waals surface area contributed by atoms with Gasteiger partial charge in [-0.15, -0.1) is 12.4 Å². The molecule has 3 N–H and O–H groups in total. The molecule has 2 aromatic rings. The van der Waals surface area contributed by atoms with Gasteiger partial charge in [0.15, 0.2) is 0 Å². The molecule has 0 saturated heterocycles. The summed E-state index contributed by atoms with van der Waals surface area (Å²) >= 11 is 0. The second-order valence-electron chi connectivity index (χ2n) is 7.19. The first-order chi connectivity index (χ1) is 11.6. The van der Waals surface area contributed by atoms with E-state index in [0.29, 0.717) is 17.4 Å². The van der Waals surface area contributed by atoms with Crippen LogP contribution in [0, 0.1) is 17.8 Å². The van der Waals surface area contributed by atoms with Gasteiger partial charge in [-0.05, 0) is 61.8 Å². The van der Waals surface area contributed by atoms with Crippen molar-refractivity contribution in [3.8, 4) is 0 Å². The maximum atomic E-state index is 12.7. The molecule has 2 aliphatic rings. The zero-order valence-corrected chi connectivity index (χ0v) is 14.8. The van der Waals surface area contributed by atoms with E-state index in [0.717, 1.165) is 36.8 Å². The third kappa shape index (κ3) is 3.58. The second kappa shape index (κ2) is 7.18. The number of rotatable bonds is 2. The molecule has 2 unspecified atom stereocenters. The molecule has 1 amide bonds. The number of nitrogens with one attached hydrogen (secondary N) is 1. The number of carbonyl (C=O) groups excluding carboxylic acids is 1. The molecule has 0 radical (unpaired) electrons. The van der Waals surface area contributed by atoms with E-state index in [-0.39, 0.29) is 35.9 Å². The number of anilines is 1. The highest BCUT2D eigenvalue weighted by molar-refractivity contribution is 5.94. The highest BCUT2D eigenvalue weighted by Crippen LogP contribution is 2.42. The van der Waals surface area contributed by atoms with E-state index in [4.69, 9.17) is 10.2 Å². The Kier molecular flexibility index (Phi) is 5.16. The summed E-state index contributed by atoms with van der Waals surface area (Å²) in [6.07, 6.45) is 5.33. The predicted octanol–water partition coefficient (Wildman–Crippen LogP) is 3.31. The number of halogens is 1. The highest BCUT2D eigenvalue weighted by Gasteiger charge is 2.40.